The van der Waals surface area contributed by atoms with Crippen LogP contribution in [0.15, 0.2) is 60.8 Å². The van der Waals surface area contributed by atoms with Crippen LogP contribution >= 0.6 is 0 Å². The number of benzene rings is 2. The Kier molecular flexibility index (Phi) is 4.99. The third-order valence-electron chi connectivity index (χ3n) is 5.03. The standard InChI is InChI=1S/C23H23N5O/c1-3-17-14-26-23(27-22(17)25-13-16-8-5-4-6-9-16)28-15(2)12-19-18(21(24)29)10-7-11-20(19)28/h4-12,14H,3,13H2,1-2H3,(H2,24,29)(H,25,26,27). The van der Waals surface area contributed by atoms with Crippen molar-refractivity contribution in [2.45, 2.75) is 26.8 Å². The van der Waals surface area contributed by atoms with Crippen LogP contribution in [0.2, 0.25) is 0 Å². The van der Waals surface area contributed by atoms with Gasteiger partial charge in [0.2, 0.25) is 11.9 Å². The topological polar surface area (TPSA) is 85.8 Å². The summed E-state index contributed by atoms with van der Waals surface area (Å²) in [5, 5.41) is 4.25. The van der Waals surface area contributed by atoms with Gasteiger partial charge in [0.1, 0.15) is 5.82 Å². The molecule has 0 bridgehead atoms. The number of aromatic nitrogens is 3. The van der Waals surface area contributed by atoms with Crippen molar-refractivity contribution in [3.63, 3.8) is 0 Å². The number of primary amides is 1. The molecule has 6 heteroatoms. The summed E-state index contributed by atoms with van der Waals surface area (Å²) in [7, 11) is 0. The number of amides is 1. The monoisotopic (exact) mass is 385 g/mol. The first kappa shape index (κ1) is 18.7. The number of carbonyl (C=O) groups excluding carboxylic acids is 1. The molecular formula is C23H23N5O. The van der Waals surface area contributed by atoms with Crippen molar-refractivity contribution < 1.29 is 4.79 Å². The number of rotatable bonds is 6. The third-order valence-corrected chi connectivity index (χ3v) is 5.03. The zero-order valence-electron chi connectivity index (χ0n) is 16.5. The maximum Gasteiger partial charge on any atom is 0.249 e. The van der Waals surface area contributed by atoms with E-state index in [0.29, 0.717) is 18.1 Å². The Balaban J connectivity index is 1.77. The molecule has 0 aliphatic carbocycles. The second-order valence-electron chi connectivity index (χ2n) is 6.96. The molecular weight excluding hydrogens is 362 g/mol. The second kappa shape index (κ2) is 7.75. The molecule has 0 unspecified atom stereocenters. The first-order valence-corrected chi connectivity index (χ1v) is 9.63. The highest BCUT2D eigenvalue weighted by Crippen LogP contribution is 2.26. The molecule has 2 heterocycles. The molecule has 0 radical (unpaired) electrons. The smallest absolute Gasteiger partial charge is 0.249 e. The molecule has 2 aromatic carbocycles. The lowest BCUT2D eigenvalue weighted by atomic mass is 10.1. The normalized spacial score (nSPS) is 11.0. The average molecular weight is 385 g/mol. The molecule has 0 aliphatic heterocycles. The minimum absolute atomic E-state index is 0.444. The fourth-order valence-electron chi connectivity index (χ4n) is 3.54. The Morgan fingerprint density at radius 3 is 2.66 bits per heavy atom. The number of anilines is 1. The van der Waals surface area contributed by atoms with Gasteiger partial charge in [-0.05, 0) is 37.1 Å². The van der Waals surface area contributed by atoms with Crippen LogP contribution in [0.4, 0.5) is 5.82 Å². The first-order chi connectivity index (χ1) is 14.1. The van der Waals surface area contributed by atoms with E-state index in [1.165, 1.54) is 5.56 Å². The number of nitrogens with zero attached hydrogens (tertiary/aromatic N) is 3. The highest BCUT2D eigenvalue weighted by molar-refractivity contribution is 6.06. The summed E-state index contributed by atoms with van der Waals surface area (Å²) in [6.45, 7) is 4.74. The van der Waals surface area contributed by atoms with Gasteiger partial charge in [-0.2, -0.15) is 4.98 Å². The lowest BCUT2D eigenvalue weighted by molar-refractivity contribution is 0.100. The molecule has 6 nitrogen and oxygen atoms in total. The van der Waals surface area contributed by atoms with Crippen LogP contribution in [-0.4, -0.2) is 20.4 Å². The summed E-state index contributed by atoms with van der Waals surface area (Å²) in [5.74, 6) is 0.931. The molecule has 146 valence electrons. The Hall–Kier alpha value is -3.67. The van der Waals surface area contributed by atoms with Gasteiger partial charge in [-0.3, -0.25) is 9.36 Å². The van der Waals surface area contributed by atoms with E-state index in [-0.39, 0.29) is 0 Å². The van der Waals surface area contributed by atoms with Crippen molar-refractivity contribution in [2.75, 3.05) is 5.32 Å². The Bertz CT molecular complexity index is 1180. The molecule has 1 amide bonds. The van der Waals surface area contributed by atoms with Gasteiger partial charge in [0.25, 0.3) is 0 Å². The Morgan fingerprint density at radius 2 is 1.93 bits per heavy atom. The van der Waals surface area contributed by atoms with E-state index >= 15 is 0 Å². The van der Waals surface area contributed by atoms with Crippen LogP contribution in [-0.2, 0) is 13.0 Å². The highest BCUT2D eigenvalue weighted by atomic mass is 16.1. The van der Waals surface area contributed by atoms with E-state index in [0.717, 1.165) is 34.4 Å². The lowest BCUT2D eigenvalue weighted by Gasteiger charge is -2.13. The minimum Gasteiger partial charge on any atom is -0.366 e. The van der Waals surface area contributed by atoms with Crippen LogP contribution < -0.4 is 11.1 Å². The summed E-state index contributed by atoms with van der Waals surface area (Å²) in [6, 6.07) is 17.7. The van der Waals surface area contributed by atoms with Gasteiger partial charge >= 0.3 is 0 Å². The van der Waals surface area contributed by atoms with Crippen molar-refractivity contribution in [2.24, 2.45) is 5.73 Å². The fraction of sp³-hybridized carbons (Fsp3) is 0.174. The van der Waals surface area contributed by atoms with Crippen molar-refractivity contribution in [1.29, 1.82) is 0 Å². The van der Waals surface area contributed by atoms with Gasteiger partial charge in [-0.15, -0.1) is 0 Å². The Labute approximate surface area is 169 Å². The number of nitrogens with one attached hydrogen (secondary N) is 1. The molecule has 2 aromatic heterocycles. The van der Waals surface area contributed by atoms with Crippen LogP contribution in [0.1, 0.15) is 34.1 Å². The fourth-order valence-corrected chi connectivity index (χ4v) is 3.54. The predicted octanol–water partition coefficient (Wildman–Crippen LogP) is 4.00. The molecule has 4 rings (SSSR count). The van der Waals surface area contributed by atoms with E-state index in [2.05, 4.69) is 29.4 Å². The molecule has 0 saturated carbocycles. The minimum atomic E-state index is -0.444. The number of nitrogens with two attached hydrogens (primary N) is 1. The number of fused-ring (bicyclic) bond motifs is 1. The molecule has 0 aliphatic rings. The number of hydrogen-bond acceptors (Lipinski definition) is 4. The predicted molar refractivity (Wildman–Crippen MR) is 115 cm³/mol. The number of hydrogen-bond donors (Lipinski definition) is 2. The van der Waals surface area contributed by atoms with Crippen molar-refractivity contribution in [3.8, 4) is 5.95 Å². The molecule has 0 spiro atoms. The molecule has 4 aromatic rings. The zero-order valence-corrected chi connectivity index (χ0v) is 16.5. The first-order valence-electron chi connectivity index (χ1n) is 9.63. The van der Waals surface area contributed by atoms with Crippen LogP contribution in [0, 0.1) is 6.92 Å². The van der Waals surface area contributed by atoms with E-state index < -0.39 is 5.91 Å². The van der Waals surface area contributed by atoms with E-state index in [1.807, 2.05) is 54.1 Å². The van der Waals surface area contributed by atoms with Gasteiger partial charge in [-0.1, -0.05) is 43.3 Å². The molecule has 0 saturated heterocycles. The second-order valence-corrected chi connectivity index (χ2v) is 6.96. The van der Waals surface area contributed by atoms with E-state index in [1.54, 1.807) is 6.07 Å². The van der Waals surface area contributed by atoms with Crippen LogP contribution in [0.5, 0.6) is 0 Å². The molecule has 0 fully saturated rings. The quantitative estimate of drug-likeness (QED) is 0.525. The summed E-state index contributed by atoms with van der Waals surface area (Å²) >= 11 is 0. The van der Waals surface area contributed by atoms with Crippen molar-refractivity contribution >= 4 is 22.6 Å². The van der Waals surface area contributed by atoms with Gasteiger partial charge < -0.3 is 11.1 Å². The third kappa shape index (κ3) is 3.57. The number of aryl methyl sites for hydroxylation is 2. The van der Waals surface area contributed by atoms with Crippen molar-refractivity contribution in [3.05, 3.63) is 83.2 Å². The van der Waals surface area contributed by atoms with Gasteiger partial charge in [0.05, 0.1) is 5.52 Å². The largest absolute Gasteiger partial charge is 0.366 e. The summed E-state index contributed by atoms with van der Waals surface area (Å²) in [4.78, 5) is 21.2. The summed E-state index contributed by atoms with van der Waals surface area (Å²) in [5.41, 5.74) is 10.1. The summed E-state index contributed by atoms with van der Waals surface area (Å²) in [6.07, 6.45) is 2.69. The van der Waals surface area contributed by atoms with Crippen LogP contribution in [0.25, 0.3) is 16.9 Å². The van der Waals surface area contributed by atoms with E-state index in [4.69, 9.17) is 10.7 Å². The maximum absolute atomic E-state index is 11.8. The maximum atomic E-state index is 11.8. The SMILES string of the molecule is CCc1cnc(-n2c(C)cc3c(C(N)=O)cccc32)nc1NCc1ccccc1. The van der Waals surface area contributed by atoms with Crippen LogP contribution in [0.3, 0.4) is 0 Å². The van der Waals surface area contributed by atoms with E-state index in [9.17, 15) is 4.79 Å². The molecule has 29 heavy (non-hydrogen) atoms. The average Bonchev–Trinajstić information content (AvgIpc) is 3.08. The lowest BCUT2D eigenvalue weighted by Crippen LogP contribution is -2.11. The molecule has 0 atom stereocenters. The Morgan fingerprint density at radius 1 is 1.14 bits per heavy atom. The van der Waals surface area contributed by atoms with Gasteiger partial charge in [-0.25, -0.2) is 4.98 Å². The van der Waals surface area contributed by atoms with Gasteiger partial charge in [0, 0.05) is 34.9 Å². The highest BCUT2D eigenvalue weighted by Gasteiger charge is 2.16. The molecule has 3 N–H and O–H groups in total. The number of carbonyl (C=O) groups is 1. The summed E-state index contributed by atoms with van der Waals surface area (Å²) < 4.78 is 1.95. The van der Waals surface area contributed by atoms with Crippen molar-refractivity contribution in [1.82, 2.24) is 14.5 Å². The van der Waals surface area contributed by atoms with Gasteiger partial charge in [0.15, 0.2) is 0 Å². The zero-order chi connectivity index (χ0) is 20.4.